The summed E-state index contributed by atoms with van der Waals surface area (Å²) in [6.07, 6.45) is 10.6. The van der Waals surface area contributed by atoms with Gasteiger partial charge in [0, 0.05) is 0 Å². The Morgan fingerprint density at radius 3 is 2.64 bits per heavy atom. The van der Waals surface area contributed by atoms with Crippen LogP contribution in [0.5, 0.6) is 0 Å². The van der Waals surface area contributed by atoms with Crippen LogP contribution in [0.4, 0.5) is 0 Å². The summed E-state index contributed by atoms with van der Waals surface area (Å²) in [5, 5.41) is 0. The molecule has 0 aliphatic heterocycles. The molecule has 2 rings (SSSR count). The molecule has 0 aromatic carbocycles. The molecule has 1 heteroatoms. The van der Waals surface area contributed by atoms with E-state index in [4.69, 9.17) is 0 Å². The first-order valence-electron chi connectivity index (χ1n) is 5.91. The summed E-state index contributed by atoms with van der Waals surface area (Å²) >= 11 is 2.43. The maximum absolute atomic E-state index is 2.56. The normalized spacial score (nSPS) is 31.6. The number of allylic oxidation sites excluding steroid dienone is 4. The summed E-state index contributed by atoms with van der Waals surface area (Å²) in [7, 11) is 0. The molecule has 75 valence electrons. The van der Waals surface area contributed by atoms with Gasteiger partial charge in [0.05, 0.1) is 0 Å². The molecule has 0 radical (unpaired) electrons. The Hall–Kier alpha value is 0.194. The van der Waals surface area contributed by atoms with E-state index >= 15 is 0 Å². The van der Waals surface area contributed by atoms with Gasteiger partial charge >= 0.3 is 99.3 Å². The van der Waals surface area contributed by atoms with Crippen molar-refractivity contribution in [2.24, 2.45) is 0 Å². The van der Waals surface area contributed by atoms with Crippen LogP contribution in [0.2, 0.25) is 3.72 Å². The molecule has 0 heterocycles. The Morgan fingerprint density at radius 1 is 1.29 bits per heavy atom. The molecular formula is C13H19Ti. The third-order valence-electron chi connectivity index (χ3n) is 3.75. The van der Waals surface area contributed by atoms with Crippen molar-refractivity contribution in [3.05, 3.63) is 22.8 Å². The first-order valence-corrected chi connectivity index (χ1v) is 6.69. The molecule has 0 saturated heterocycles. The van der Waals surface area contributed by atoms with Crippen LogP contribution in [-0.2, 0) is 20.4 Å². The zero-order valence-electron chi connectivity index (χ0n) is 9.32. The second-order valence-corrected chi connectivity index (χ2v) is 5.91. The quantitative estimate of drug-likeness (QED) is 0.611. The third kappa shape index (κ3) is 1.57. The number of rotatable bonds is 2. The van der Waals surface area contributed by atoms with E-state index in [-0.39, 0.29) is 0 Å². The second-order valence-electron chi connectivity index (χ2n) is 4.51. The predicted molar refractivity (Wildman–Crippen MR) is 56.9 cm³/mol. The van der Waals surface area contributed by atoms with Crippen molar-refractivity contribution >= 4 is 0 Å². The standard InChI is InChI=1S/C13H19.Ti/c1-3-10-9-11(4-2)13-8-6-5-7-12(10)13;/h9H,3-8H2,1-2H3;. The first kappa shape index (κ1) is 10.7. The van der Waals surface area contributed by atoms with Gasteiger partial charge in [-0.25, -0.2) is 0 Å². The van der Waals surface area contributed by atoms with Crippen molar-refractivity contribution in [3.8, 4) is 0 Å². The zero-order valence-corrected chi connectivity index (χ0v) is 10.9. The molecule has 0 bridgehead atoms. The second kappa shape index (κ2) is 3.98. The number of hydrogen-bond donors (Lipinski definition) is 0. The molecule has 0 spiro atoms. The molecule has 0 nitrogen and oxygen atoms in total. The van der Waals surface area contributed by atoms with Crippen LogP contribution < -0.4 is 0 Å². The van der Waals surface area contributed by atoms with Crippen LogP contribution in [0.1, 0.15) is 52.4 Å². The Labute approximate surface area is 99.3 Å². The van der Waals surface area contributed by atoms with Gasteiger partial charge in [-0.3, -0.25) is 0 Å². The topological polar surface area (TPSA) is 0 Å². The fourth-order valence-corrected chi connectivity index (χ4v) is 3.56. The van der Waals surface area contributed by atoms with E-state index in [0.717, 1.165) is 0 Å². The van der Waals surface area contributed by atoms with Crippen molar-refractivity contribution in [1.29, 1.82) is 0 Å². The van der Waals surface area contributed by atoms with Gasteiger partial charge in [-0.1, -0.05) is 0 Å². The minimum absolute atomic E-state index is 0.418. The van der Waals surface area contributed by atoms with Crippen LogP contribution in [0.3, 0.4) is 0 Å². The molecule has 1 unspecified atom stereocenters. The third-order valence-corrected chi connectivity index (χ3v) is 5.00. The van der Waals surface area contributed by atoms with Crippen molar-refractivity contribution < 1.29 is 20.4 Å². The predicted octanol–water partition coefficient (Wildman–Crippen LogP) is 4.32. The Bertz CT molecular complexity index is 298. The van der Waals surface area contributed by atoms with Crippen molar-refractivity contribution in [1.82, 2.24) is 0 Å². The van der Waals surface area contributed by atoms with Crippen LogP contribution in [-0.4, -0.2) is 0 Å². The van der Waals surface area contributed by atoms with E-state index in [2.05, 4.69) is 40.4 Å². The zero-order chi connectivity index (χ0) is 10.2. The average Bonchev–Trinajstić information content (AvgIpc) is 2.54. The van der Waals surface area contributed by atoms with E-state index in [0.29, 0.717) is 3.72 Å². The van der Waals surface area contributed by atoms with Crippen LogP contribution in [0, 0.1) is 0 Å². The van der Waals surface area contributed by atoms with Crippen molar-refractivity contribution in [2.75, 3.05) is 0 Å². The molecule has 0 N–H and O–H groups in total. The molecule has 14 heavy (non-hydrogen) atoms. The summed E-state index contributed by atoms with van der Waals surface area (Å²) in [4.78, 5) is 0. The Balaban J connectivity index is 2.40. The summed E-state index contributed by atoms with van der Waals surface area (Å²) in [5.74, 6) is 0. The van der Waals surface area contributed by atoms with E-state index in [1.807, 2.05) is 0 Å². The van der Waals surface area contributed by atoms with Crippen LogP contribution in [0.15, 0.2) is 22.8 Å². The molecule has 0 aromatic rings. The van der Waals surface area contributed by atoms with Gasteiger partial charge in [-0.2, -0.15) is 0 Å². The SMILES string of the molecule is CCC1=C[C]([Ti])(CC)C2=C1CCCC2. The fraction of sp³-hybridized carbons (Fsp3) is 0.692. The molecule has 0 aromatic heterocycles. The van der Waals surface area contributed by atoms with Gasteiger partial charge in [0.25, 0.3) is 0 Å². The van der Waals surface area contributed by atoms with Crippen molar-refractivity contribution in [3.63, 3.8) is 0 Å². The summed E-state index contributed by atoms with van der Waals surface area (Å²) < 4.78 is 0.418. The minimum atomic E-state index is 0.418. The molecule has 0 amide bonds. The van der Waals surface area contributed by atoms with E-state index < -0.39 is 0 Å². The fourth-order valence-electron chi connectivity index (χ4n) is 2.85. The molecule has 2 aliphatic carbocycles. The van der Waals surface area contributed by atoms with E-state index in [1.165, 1.54) is 38.5 Å². The van der Waals surface area contributed by atoms with Gasteiger partial charge in [0.2, 0.25) is 0 Å². The molecule has 2 aliphatic rings. The van der Waals surface area contributed by atoms with Crippen LogP contribution in [0.25, 0.3) is 0 Å². The summed E-state index contributed by atoms with van der Waals surface area (Å²) in [6.45, 7) is 4.63. The van der Waals surface area contributed by atoms with Gasteiger partial charge in [-0.05, 0) is 0 Å². The summed E-state index contributed by atoms with van der Waals surface area (Å²) in [6, 6.07) is 0. The van der Waals surface area contributed by atoms with Gasteiger partial charge in [-0.15, -0.1) is 0 Å². The Kier molecular flexibility index (Phi) is 3.05. The van der Waals surface area contributed by atoms with Crippen molar-refractivity contribution in [2.45, 2.75) is 56.1 Å². The van der Waals surface area contributed by atoms with Crippen LogP contribution >= 0.6 is 0 Å². The monoisotopic (exact) mass is 223 g/mol. The van der Waals surface area contributed by atoms with E-state index in [1.54, 1.807) is 16.7 Å². The molecule has 0 saturated carbocycles. The molecule has 1 atom stereocenters. The van der Waals surface area contributed by atoms with Gasteiger partial charge in [0.15, 0.2) is 0 Å². The average molecular weight is 223 g/mol. The summed E-state index contributed by atoms with van der Waals surface area (Å²) in [5.41, 5.74) is 5.18. The van der Waals surface area contributed by atoms with E-state index in [9.17, 15) is 0 Å². The first-order chi connectivity index (χ1) is 6.71. The maximum atomic E-state index is 2.56. The van der Waals surface area contributed by atoms with Gasteiger partial charge in [0.1, 0.15) is 0 Å². The molecular weight excluding hydrogens is 204 g/mol. The molecule has 0 fully saturated rings. The van der Waals surface area contributed by atoms with Gasteiger partial charge < -0.3 is 0 Å². The Morgan fingerprint density at radius 2 is 2.00 bits per heavy atom. The number of hydrogen-bond acceptors (Lipinski definition) is 0.